The van der Waals surface area contributed by atoms with Crippen LogP contribution in [0.3, 0.4) is 0 Å². The van der Waals surface area contributed by atoms with Gasteiger partial charge in [-0.15, -0.1) is 0 Å². The second-order valence-electron chi connectivity index (χ2n) is 6.88. The maximum atomic E-state index is 12.5. The third kappa shape index (κ3) is 8.97. The molecule has 0 radical (unpaired) electrons. The van der Waals surface area contributed by atoms with Gasteiger partial charge in [-0.3, -0.25) is 19.2 Å². The minimum Gasteiger partial charge on any atom is -0.481 e. The van der Waals surface area contributed by atoms with Crippen molar-refractivity contribution in [3.8, 4) is 0 Å². The number of hydrogen-bond acceptors (Lipinski definition) is 8. The summed E-state index contributed by atoms with van der Waals surface area (Å²) in [5.41, 5.74) is 5.80. The Bertz CT molecular complexity index is 645. The van der Waals surface area contributed by atoms with E-state index in [9.17, 15) is 29.1 Å². The number of aliphatic hydroxyl groups excluding tert-OH is 1. The van der Waals surface area contributed by atoms with Crippen molar-refractivity contribution >= 4 is 42.3 Å². The van der Waals surface area contributed by atoms with Crippen LogP contribution in [0.1, 0.15) is 33.6 Å². The summed E-state index contributed by atoms with van der Waals surface area (Å²) >= 11 is 3.79. The molecule has 0 heterocycles. The predicted octanol–water partition coefficient (Wildman–Crippen LogP) is -2.32. The van der Waals surface area contributed by atoms with Gasteiger partial charge in [-0.05, 0) is 12.8 Å². The number of carboxylic acids is 2. The van der Waals surface area contributed by atoms with Crippen molar-refractivity contribution < 1.29 is 39.3 Å². The molecule has 3 amide bonds. The highest BCUT2D eigenvalue weighted by Gasteiger charge is 2.33. The van der Waals surface area contributed by atoms with Crippen LogP contribution in [0.25, 0.3) is 0 Å². The summed E-state index contributed by atoms with van der Waals surface area (Å²) in [6.45, 7) is 4.77. The Balaban J connectivity index is 5.40. The number of nitrogens with two attached hydrogens (primary N) is 1. The smallest absolute Gasteiger partial charge is 0.327 e. The van der Waals surface area contributed by atoms with Crippen molar-refractivity contribution in [1.82, 2.24) is 16.0 Å². The summed E-state index contributed by atoms with van der Waals surface area (Å²) in [4.78, 5) is 59.2. The van der Waals surface area contributed by atoms with Gasteiger partial charge < -0.3 is 37.0 Å². The fraction of sp³-hybridized carbons (Fsp3) is 0.706. The first-order chi connectivity index (χ1) is 13.8. The second kappa shape index (κ2) is 13.0. The van der Waals surface area contributed by atoms with E-state index in [1.807, 2.05) is 6.92 Å². The van der Waals surface area contributed by atoms with Crippen molar-refractivity contribution in [1.29, 1.82) is 0 Å². The largest absolute Gasteiger partial charge is 0.481 e. The first-order valence-electron chi connectivity index (χ1n) is 9.25. The van der Waals surface area contributed by atoms with Crippen LogP contribution in [0, 0.1) is 5.92 Å². The molecule has 0 fully saturated rings. The van der Waals surface area contributed by atoms with Gasteiger partial charge in [0.25, 0.3) is 0 Å². The Labute approximate surface area is 179 Å². The first-order valence-corrected chi connectivity index (χ1v) is 9.89. The molecular weight excluding hydrogens is 420 g/mol. The number of carbonyl (C=O) groups is 5. The zero-order valence-corrected chi connectivity index (χ0v) is 17.9. The molecule has 0 aromatic carbocycles. The van der Waals surface area contributed by atoms with Crippen molar-refractivity contribution in [3.63, 3.8) is 0 Å². The van der Waals surface area contributed by atoms with E-state index in [4.69, 9.17) is 15.9 Å². The Morgan fingerprint density at radius 2 is 1.47 bits per heavy atom. The highest BCUT2D eigenvalue weighted by atomic mass is 32.1. The lowest BCUT2D eigenvalue weighted by Crippen LogP contribution is -2.60. The molecule has 0 saturated heterocycles. The molecule has 30 heavy (non-hydrogen) atoms. The summed E-state index contributed by atoms with van der Waals surface area (Å²) in [5.74, 6) is -6.12. The first kappa shape index (κ1) is 27.6. The van der Waals surface area contributed by atoms with Gasteiger partial charge in [0.1, 0.15) is 18.1 Å². The molecule has 172 valence electrons. The maximum absolute atomic E-state index is 12.5. The van der Waals surface area contributed by atoms with Gasteiger partial charge in [0.05, 0.1) is 18.6 Å². The molecule has 0 aliphatic rings. The molecule has 0 saturated carbocycles. The summed E-state index contributed by atoms with van der Waals surface area (Å²) < 4.78 is 0. The zero-order valence-electron chi connectivity index (χ0n) is 17.0. The topological polar surface area (TPSA) is 208 Å². The van der Waals surface area contributed by atoms with E-state index >= 15 is 0 Å². The number of rotatable bonds is 13. The third-order valence-corrected chi connectivity index (χ3v) is 4.80. The summed E-state index contributed by atoms with van der Waals surface area (Å²) in [7, 11) is 0. The summed E-state index contributed by atoms with van der Waals surface area (Å²) in [6.07, 6.45) is -1.66. The van der Waals surface area contributed by atoms with Crippen LogP contribution in [0.4, 0.5) is 0 Å². The molecule has 0 aliphatic carbocycles. The van der Waals surface area contributed by atoms with Gasteiger partial charge in [0.2, 0.25) is 17.7 Å². The lowest BCUT2D eigenvalue weighted by molar-refractivity contribution is -0.143. The SMILES string of the molecule is CCC(C)C(N)C(=O)NC(C(=O)NC(CC(=O)O)C(=O)NC(CS)C(=O)O)C(C)O. The standard InChI is InChI=1S/C17H30N4O8S/c1-4-7(2)12(18)15(26)21-13(8(3)22)16(27)19-9(5-11(23)24)14(25)20-10(6-30)17(28)29/h7-10,12-13,22,30H,4-6,18H2,1-3H3,(H,19,27)(H,20,25)(H,21,26)(H,23,24)(H,28,29). The van der Waals surface area contributed by atoms with Crippen molar-refractivity contribution in [2.24, 2.45) is 11.7 Å². The molecule has 0 rings (SSSR count). The number of thiol groups is 1. The number of carbonyl (C=O) groups excluding carboxylic acids is 3. The van der Waals surface area contributed by atoms with E-state index in [1.54, 1.807) is 6.92 Å². The highest BCUT2D eigenvalue weighted by Crippen LogP contribution is 2.07. The van der Waals surface area contributed by atoms with Crippen LogP contribution in [-0.2, 0) is 24.0 Å². The molecule has 8 N–H and O–H groups in total. The predicted molar refractivity (Wildman–Crippen MR) is 109 cm³/mol. The molecule has 0 aromatic heterocycles. The minimum atomic E-state index is -1.65. The van der Waals surface area contributed by atoms with E-state index < -0.39 is 66.4 Å². The quantitative estimate of drug-likeness (QED) is 0.141. The normalized spacial score (nSPS) is 16.9. The number of hydrogen-bond donors (Lipinski definition) is 8. The molecule has 12 nitrogen and oxygen atoms in total. The van der Waals surface area contributed by atoms with Crippen molar-refractivity contribution in [2.75, 3.05) is 5.75 Å². The second-order valence-corrected chi connectivity index (χ2v) is 7.24. The van der Waals surface area contributed by atoms with Gasteiger partial charge in [0, 0.05) is 5.75 Å². The summed E-state index contributed by atoms with van der Waals surface area (Å²) in [5, 5.41) is 34.3. The van der Waals surface area contributed by atoms with E-state index in [-0.39, 0.29) is 11.7 Å². The van der Waals surface area contributed by atoms with Crippen LogP contribution < -0.4 is 21.7 Å². The van der Waals surface area contributed by atoms with E-state index in [1.165, 1.54) is 6.92 Å². The molecule has 6 atom stereocenters. The number of aliphatic carboxylic acids is 2. The maximum Gasteiger partial charge on any atom is 0.327 e. The third-order valence-electron chi connectivity index (χ3n) is 4.43. The van der Waals surface area contributed by atoms with Gasteiger partial charge in [0.15, 0.2) is 0 Å². The zero-order chi connectivity index (χ0) is 23.6. The highest BCUT2D eigenvalue weighted by molar-refractivity contribution is 7.80. The van der Waals surface area contributed by atoms with Gasteiger partial charge in [-0.25, -0.2) is 4.79 Å². The number of aliphatic hydroxyl groups is 1. The van der Waals surface area contributed by atoms with Gasteiger partial charge >= 0.3 is 11.9 Å². The molecule has 0 aromatic rings. The molecule has 0 bridgehead atoms. The molecule has 0 spiro atoms. The van der Waals surface area contributed by atoms with Crippen LogP contribution in [0.15, 0.2) is 0 Å². The van der Waals surface area contributed by atoms with Gasteiger partial charge in [-0.1, -0.05) is 20.3 Å². The molecule has 13 heteroatoms. The lowest BCUT2D eigenvalue weighted by Gasteiger charge is -2.26. The van der Waals surface area contributed by atoms with Crippen LogP contribution in [-0.4, -0.2) is 81.0 Å². The fourth-order valence-corrected chi connectivity index (χ4v) is 2.52. The van der Waals surface area contributed by atoms with Crippen LogP contribution in [0.5, 0.6) is 0 Å². The Hall–Kier alpha value is -2.38. The molecule has 0 aliphatic heterocycles. The van der Waals surface area contributed by atoms with E-state index in [0.717, 1.165) is 0 Å². The molecular formula is C17H30N4O8S. The number of nitrogens with one attached hydrogen (secondary N) is 3. The lowest BCUT2D eigenvalue weighted by atomic mass is 9.98. The monoisotopic (exact) mass is 450 g/mol. The Morgan fingerprint density at radius 1 is 0.933 bits per heavy atom. The summed E-state index contributed by atoms with van der Waals surface area (Å²) in [6, 6.07) is -5.53. The Kier molecular flexibility index (Phi) is 12.0. The number of carboxylic acid groups (broad SMARTS) is 2. The average Bonchev–Trinajstić information content (AvgIpc) is 2.66. The molecule has 6 unspecified atom stereocenters. The van der Waals surface area contributed by atoms with Gasteiger partial charge in [-0.2, -0.15) is 12.6 Å². The fourth-order valence-electron chi connectivity index (χ4n) is 2.27. The van der Waals surface area contributed by atoms with Crippen LogP contribution >= 0.6 is 12.6 Å². The van der Waals surface area contributed by atoms with Crippen LogP contribution in [0.2, 0.25) is 0 Å². The van der Waals surface area contributed by atoms with E-state index in [0.29, 0.717) is 6.42 Å². The van der Waals surface area contributed by atoms with Crippen molar-refractivity contribution in [3.05, 3.63) is 0 Å². The van der Waals surface area contributed by atoms with Crippen molar-refractivity contribution in [2.45, 2.75) is 63.9 Å². The van der Waals surface area contributed by atoms with E-state index in [2.05, 4.69) is 28.6 Å². The Morgan fingerprint density at radius 3 is 1.87 bits per heavy atom. The average molecular weight is 451 g/mol. The number of amides is 3. The minimum absolute atomic E-state index is 0.206.